The minimum atomic E-state index is 0.920. The minimum Gasteiger partial charge on any atom is -0.264 e. The van der Waals surface area contributed by atoms with E-state index in [9.17, 15) is 0 Å². The lowest BCUT2D eigenvalue weighted by atomic mass is 9.81. The molecule has 0 aliphatic carbocycles. The Morgan fingerprint density at radius 2 is 0.645 bits per heavy atom. The molecule has 0 fully saturated rings. The van der Waals surface area contributed by atoms with Gasteiger partial charge in [-0.1, -0.05) is 206 Å². The van der Waals surface area contributed by atoms with Crippen molar-refractivity contribution >= 4 is 21.5 Å². The van der Waals surface area contributed by atoms with Crippen molar-refractivity contribution in [1.82, 2.24) is 9.97 Å². The molecule has 290 valence electrons. The molecular weight excluding hydrogens is 749 g/mol. The highest BCUT2D eigenvalue weighted by molar-refractivity contribution is 6.24. The average molecular weight is 789 g/mol. The summed E-state index contributed by atoms with van der Waals surface area (Å²) in [6.07, 6.45) is 5.64. The van der Waals surface area contributed by atoms with Crippen LogP contribution >= 0.6 is 0 Å². The zero-order valence-electron chi connectivity index (χ0n) is 34.0. The van der Waals surface area contributed by atoms with Crippen molar-refractivity contribution in [2.75, 3.05) is 0 Å². The first-order chi connectivity index (χ1) is 30.8. The van der Waals surface area contributed by atoms with E-state index in [1.165, 1.54) is 88.3 Å². The maximum Gasteiger partial charge on any atom is 0.0702 e. The fraction of sp³-hybridized carbons (Fsp3) is 0. The summed E-state index contributed by atoms with van der Waals surface area (Å²) >= 11 is 0. The van der Waals surface area contributed by atoms with Gasteiger partial charge >= 0.3 is 0 Å². The predicted molar refractivity (Wildman–Crippen MR) is 261 cm³/mol. The van der Waals surface area contributed by atoms with Gasteiger partial charge in [-0.25, -0.2) is 0 Å². The zero-order chi connectivity index (χ0) is 41.2. The first-order valence-corrected chi connectivity index (χ1v) is 21.1. The van der Waals surface area contributed by atoms with Crippen LogP contribution in [0, 0.1) is 0 Å². The maximum absolute atomic E-state index is 5.03. The SMILES string of the molecule is c1ccc(-c2ccc(-c3ccccc3-c3c4ccccc4c(-c4ccccc4-c4ccc(-c5ccccc5)cc4)c4cc(-c5ccc(-c6cccnc6)cn5)ccc34)cc2)cc1. The Bertz CT molecular complexity index is 3340. The van der Waals surface area contributed by atoms with Gasteiger partial charge < -0.3 is 0 Å². The van der Waals surface area contributed by atoms with Gasteiger partial charge in [-0.15, -0.1) is 0 Å². The molecule has 9 aromatic carbocycles. The normalized spacial score (nSPS) is 11.2. The van der Waals surface area contributed by atoms with E-state index in [1.54, 1.807) is 6.20 Å². The van der Waals surface area contributed by atoms with Crippen LogP contribution in [-0.2, 0) is 0 Å². The molecule has 11 rings (SSSR count). The number of nitrogens with zero attached hydrogens (tertiary/aromatic N) is 2. The van der Waals surface area contributed by atoms with Gasteiger partial charge in [-0.3, -0.25) is 9.97 Å². The third-order valence-electron chi connectivity index (χ3n) is 12.1. The number of hydrogen-bond donors (Lipinski definition) is 0. The van der Waals surface area contributed by atoms with Crippen LogP contribution in [0.1, 0.15) is 0 Å². The fourth-order valence-electron chi connectivity index (χ4n) is 9.04. The van der Waals surface area contributed by atoms with E-state index in [-0.39, 0.29) is 0 Å². The summed E-state index contributed by atoms with van der Waals surface area (Å²) in [5.74, 6) is 0. The fourth-order valence-corrected chi connectivity index (χ4v) is 9.04. The summed E-state index contributed by atoms with van der Waals surface area (Å²) in [5.41, 5.74) is 18.5. The zero-order valence-corrected chi connectivity index (χ0v) is 34.0. The van der Waals surface area contributed by atoms with Crippen LogP contribution in [0.2, 0.25) is 0 Å². The lowest BCUT2D eigenvalue weighted by Crippen LogP contribution is -1.95. The molecule has 0 spiro atoms. The second-order valence-electron chi connectivity index (χ2n) is 15.7. The molecule has 0 saturated heterocycles. The molecule has 0 N–H and O–H groups in total. The molecular formula is C60H40N2. The molecule has 2 heteroatoms. The van der Waals surface area contributed by atoms with Gasteiger partial charge in [-0.05, 0) is 107 Å². The Hall–Kier alpha value is -8.20. The molecule has 0 aliphatic rings. The van der Waals surface area contributed by atoms with Crippen molar-refractivity contribution in [3.63, 3.8) is 0 Å². The molecule has 0 aliphatic heterocycles. The minimum absolute atomic E-state index is 0.920. The first-order valence-electron chi connectivity index (χ1n) is 21.1. The topological polar surface area (TPSA) is 25.8 Å². The lowest BCUT2D eigenvalue weighted by Gasteiger charge is -2.22. The van der Waals surface area contributed by atoms with Crippen LogP contribution in [0.5, 0.6) is 0 Å². The van der Waals surface area contributed by atoms with Crippen molar-refractivity contribution in [3.8, 4) is 89.1 Å². The van der Waals surface area contributed by atoms with Crippen molar-refractivity contribution in [2.45, 2.75) is 0 Å². The van der Waals surface area contributed by atoms with Gasteiger partial charge in [-0.2, -0.15) is 0 Å². The third-order valence-corrected chi connectivity index (χ3v) is 12.1. The molecule has 2 aromatic heterocycles. The van der Waals surface area contributed by atoms with Crippen LogP contribution in [0.4, 0.5) is 0 Å². The number of hydrogen-bond acceptors (Lipinski definition) is 2. The van der Waals surface area contributed by atoms with Crippen LogP contribution in [0.25, 0.3) is 111 Å². The molecule has 0 amide bonds. The molecule has 0 radical (unpaired) electrons. The number of aromatic nitrogens is 2. The molecule has 0 saturated carbocycles. The smallest absolute Gasteiger partial charge is 0.0702 e. The van der Waals surface area contributed by atoms with Gasteiger partial charge in [0.15, 0.2) is 0 Å². The second kappa shape index (κ2) is 16.1. The van der Waals surface area contributed by atoms with Crippen molar-refractivity contribution in [3.05, 3.63) is 243 Å². The number of fused-ring (bicyclic) bond motifs is 2. The van der Waals surface area contributed by atoms with E-state index < -0.39 is 0 Å². The largest absolute Gasteiger partial charge is 0.264 e. The number of pyridine rings is 2. The number of benzene rings is 9. The van der Waals surface area contributed by atoms with Crippen molar-refractivity contribution in [1.29, 1.82) is 0 Å². The third kappa shape index (κ3) is 6.84. The van der Waals surface area contributed by atoms with Gasteiger partial charge in [0.25, 0.3) is 0 Å². The summed E-state index contributed by atoms with van der Waals surface area (Å²) in [7, 11) is 0. The van der Waals surface area contributed by atoms with Gasteiger partial charge in [0.1, 0.15) is 0 Å². The van der Waals surface area contributed by atoms with Crippen LogP contribution in [0.3, 0.4) is 0 Å². The standard InChI is InChI=1S/C60H40N2/c1-3-14-41(15-4-1)43-25-29-45(30-26-43)50-19-7-9-21-52(50)59-54-23-11-12-24-55(54)60(53-22-10-8-20-51(53)46-31-27-44(28-32-46)42-16-5-2-6-17-42)57-38-47(33-35-56(57)59)58-36-34-49(40-62-58)48-18-13-37-61-39-48/h1-40H. The first kappa shape index (κ1) is 36.8. The van der Waals surface area contributed by atoms with Gasteiger partial charge in [0.05, 0.1) is 5.69 Å². The lowest BCUT2D eigenvalue weighted by molar-refractivity contribution is 1.30. The van der Waals surface area contributed by atoms with Crippen molar-refractivity contribution < 1.29 is 0 Å². The summed E-state index contributed by atoms with van der Waals surface area (Å²) in [6.45, 7) is 0. The van der Waals surface area contributed by atoms with Crippen LogP contribution in [-0.4, -0.2) is 9.97 Å². The van der Waals surface area contributed by atoms with E-state index >= 15 is 0 Å². The van der Waals surface area contributed by atoms with E-state index in [0.29, 0.717) is 0 Å². The molecule has 0 atom stereocenters. The molecule has 0 bridgehead atoms. The maximum atomic E-state index is 5.03. The Kier molecular flexibility index (Phi) is 9.57. The summed E-state index contributed by atoms with van der Waals surface area (Å²) < 4.78 is 0. The Balaban J connectivity index is 1.13. The van der Waals surface area contributed by atoms with E-state index in [1.807, 2.05) is 18.5 Å². The highest BCUT2D eigenvalue weighted by Crippen LogP contribution is 2.49. The molecule has 2 heterocycles. The number of rotatable bonds is 8. The summed E-state index contributed by atoms with van der Waals surface area (Å²) in [6, 6.07) is 81.1. The second-order valence-corrected chi connectivity index (χ2v) is 15.7. The predicted octanol–water partition coefficient (Wildman–Crippen LogP) is 16.1. The molecule has 11 aromatic rings. The average Bonchev–Trinajstić information content (AvgIpc) is 3.36. The van der Waals surface area contributed by atoms with E-state index in [4.69, 9.17) is 4.98 Å². The monoisotopic (exact) mass is 788 g/mol. The van der Waals surface area contributed by atoms with Gasteiger partial charge in [0.2, 0.25) is 0 Å². The Morgan fingerprint density at radius 1 is 0.242 bits per heavy atom. The Morgan fingerprint density at radius 3 is 1.16 bits per heavy atom. The summed E-state index contributed by atoms with van der Waals surface area (Å²) in [5, 5.41) is 4.79. The highest BCUT2D eigenvalue weighted by atomic mass is 14.7. The quantitative estimate of drug-likeness (QED) is 0.143. The summed E-state index contributed by atoms with van der Waals surface area (Å²) in [4.78, 5) is 9.36. The van der Waals surface area contributed by atoms with Crippen molar-refractivity contribution in [2.24, 2.45) is 0 Å². The molecule has 62 heavy (non-hydrogen) atoms. The van der Waals surface area contributed by atoms with E-state index in [2.05, 4.69) is 223 Å². The van der Waals surface area contributed by atoms with E-state index in [0.717, 1.165) is 22.4 Å². The molecule has 0 unspecified atom stereocenters. The Labute approximate surface area is 362 Å². The van der Waals surface area contributed by atoms with Crippen LogP contribution < -0.4 is 0 Å². The highest BCUT2D eigenvalue weighted by Gasteiger charge is 2.21. The van der Waals surface area contributed by atoms with Crippen LogP contribution in [0.15, 0.2) is 243 Å². The molecule has 2 nitrogen and oxygen atoms in total. The van der Waals surface area contributed by atoms with Gasteiger partial charge in [0, 0.05) is 35.3 Å².